The maximum absolute atomic E-state index is 15.2. The highest BCUT2D eigenvalue weighted by Gasteiger charge is 2.50. The zero-order valence-corrected chi connectivity index (χ0v) is 19.5. The van der Waals surface area contributed by atoms with Gasteiger partial charge in [-0.05, 0) is 37.5 Å². The summed E-state index contributed by atoms with van der Waals surface area (Å²) < 4.78 is 30.6. The van der Waals surface area contributed by atoms with E-state index in [1.54, 1.807) is 20.8 Å². The molecule has 2 aromatic carbocycles. The summed E-state index contributed by atoms with van der Waals surface area (Å²) in [7, 11) is 0. The number of carboxylic acid groups (broad SMARTS) is 1. The van der Waals surface area contributed by atoms with Crippen LogP contribution in [0.25, 0.3) is 10.9 Å². The van der Waals surface area contributed by atoms with Gasteiger partial charge in [-0.3, -0.25) is 14.2 Å². The first-order chi connectivity index (χ1) is 14.6. The topological polar surface area (TPSA) is 79.5 Å². The number of benzene rings is 2. The van der Waals surface area contributed by atoms with E-state index in [0.717, 1.165) is 10.6 Å². The van der Waals surface area contributed by atoms with E-state index >= 15 is 4.39 Å². The van der Waals surface area contributed by atoms with Crippen molar-refractivity contribution < 1.29 is 28.6 Å². The number of phenolic OH excluding ortho intramolecular Hbond substituents is 1. The molecule has 0 aliphatic rings. The van der Waals surface area contributed by atoms with Gasteiger partial charge in [0.1, 0.15) is 0 Å². The third kappa shape index (κ3) is 3.35. The molecule has 2 N–H and O–H groups in total. The van der Waals surface area contributed by atoms with Crippen LogP contribution in [-0.4, -0.2) is 26.7 Å². The number of phenols is 1. The largest absolute Gasteiger partial charge is 0.503 e. The van der Waals surface area contributed by atoms with Crippen molar-refractivity contribution in [1.82, 2.24) is 4.57 Å². The standard InChI is InChI=1S/C23H21Cl2F2NO4/c1-10-17(23(5,21(31)32)22(2,3)4)16-15(9-14(26)19(29)18(16)27)28(10)20(30)11-6-7-12(24)13(25)8-11/h6-9,29H,1-5H3,(H,31,32)/t23-/m1/s1. The Hall–Kier alpha value is -2.64. The molecular weight excluding hydrogens is 463 g/mol. The minimum atomic E-state index is -1.70. The lowest BCUT2D eigenvalue weighted by atomic mass is 9.63. The zero-order valence-electron chi connectivity index (χ0n) is 18.0. The first kappa shape index (κ1) is 24.0. The molecule has 0 saturated heterocycles. The molecule has 0 radical (unpaired) electrons. The van der Waals surface area contributed by atoms with Crippen molar-refractivity contribution in [3.05, 3.63) is 62.8 Å². The van der Waals surface area contributed by atoms with Crippen molar-refractivity contribution in [3.8, 4) is 5.75 Å². The summed E-state index contributed by atoms with van der Waals surface area (Å²) >= 11 is 12.0. The van der Waals surface area contributed by atoms with Gasteiger partial charge in [-0.1, -0.05) is 44.0 Å². The summed E-state index contributed by atoms with van der Waals surface area (Å²) in [5, 5.41) is 20.1. The number of rotatable bonds is 3. The lowest BCUT2D eigenvalue weighted by molar-refractivity contribution is -0.147. The van der Waals surface area contributed by atoms with Gasteiger partial charge >= 0.3 is 5.97 Å². The number of carboxylic acids is 1. The molecule has 9 heteroatoms. The van der Waals surface area contributed by atoms with E-state index in [1.807, 2.05) is 0 Å². The lowest BCUT2D eigenvalue weighted by Gasteiger charge is -2.39. The second-order valence-corrected chi connectivity index (χ2v) is 9.64. The van der Waals surface area contributed by atoms with Gasteiger partial charge in [-0.15, -0.1) is 0 Å². The molecule has 0 fully saturated rings. The molecule has 3 rings (SSSR count). The van der Waals surface area contributed by atoms with Gasteiger partial charge in [0, 0.05) is 28.3 Å². The number of halogens is 4. The van der Waals surface area contributed by atoms with Crippen LogP contribution in [0.1, 0.15) is 49.3 Å². The van der Waals surface area contributed by atoms with E-state index in [9.17, 15) is 24.2 Å². The highest BCUT2D eigenvalue weighted by atomic mass is 35.5. The van der Waals surface area contributed by atoms with Gasteiger partial charge in [-0.2, -0.15) is 0 Å². The van der Waals surface area contributed by atoms with Crippen LogP contribution >= 0.6 is 23.2 Å². The molecule has 1 aromatic heterocycles. The molecule has 0 aliphatic heterocycles. The molecule has 3 aromatic rings. The van der Waals surface area contributed by atoms with Crippen LogP contribution in [0.3, 0.4) is 0 Å². The van der Waals surface area contributed by atoms with Crippen LogP contribution < -0.4 is 0 Å². The van der Waals surface area contributed by atoms with Crippen LogP contribution in [0.5, 0.6) is 5.75 Å². The molecule has 0 bridgehead atoms. The molecule has 0 spiro atoms. The van der Waals surface area contributed by atoms with Crippen molar-refractivity contribution in [3.63, 3.8) is 0 Å². The fourth-order valence-corrected chi connectivity index (χ4v) is 4.22. The minimum absolute atomic E-state index is 0.0336. The van der Waals surface area contributed by atoms with Crippen LogP contribution in [0.2, 0.25) is 10.0 Å². The van der Waals surface area contributed by atoms with Crippen molar-refractivity contribution in [2.24, 2.45) is 5.41 Å². The van der Waals surface area contributed by atoms with Crippen LogP contribution in [-0.2, 0) is 10.2 Å². The maximum Gasteiger partial charge on any atom is 0.314 e. The number of nitrogens with zero attached hydrogens (tertiary/aromatic N) is 1. The third-order valence-electron chi connectivity index (χ3n) is 6.16. The third-order valence-corrected chi connectivity index (χ3v) is 6.90. The SMILES string of the molecule is Cc1c([C@](C)(C(=O)O)C(C)(C)C)c2c(F)c(O)c(F)cc2n1C(=O)c1ccc(Cl)c(Cl)c1. The number of hydrogen-bond acceptors (Lipinski definition) is 3. The Labute approximate surface area is 193 Å². The van der Waals surface area contributed by atoms with E-state index in [0.29, 0.717) is 0 Å². The Bertz CT molecular complexity index is 1290. The number of carbonyl (C=O) groups is 2. The highest BCUT2D eigenvalue weighted by molar-refractivity contribution is 6.42. The molecule has 5 nitrogen and oxygen atoms in total. The van der Waals surface area contributed by atoms with Crippen molar-refractivity contribution in [1.29, 1.82) is 0 Å². The van der Waals surface area contributed by atoms with Crippen LogP contribution in [0.15, 0.2) is 24.3 Å². The average Bonchev–Trinajstić information content (AvgIpc) is 2.98. The molecule has 0 unspecified atom stereocenters. The van der Waals surface area contributed by atoms with Gasteiger partial charge < -0.3 is 10.2 Å². The number of aromatic nitrogens is 1. The van der Waals surface area contributed by atoms with E-state index in [4.69, 9.17) is 23.2 Å². The molecule has 1 atom stereocenters. The Kier molecular flexibility index (Phi) is 5.81. The van der Waals surface area contributed by atoms with Crippen molar-refractivity contribution >= 4 is 46.0 Å². The predicted molar refractivity (Wildman–Crippen MR) is 119 cm³/mol. The maximum atomic E-state index is 15.2. The van der Waals surface area contributed by atoms with Crippen LogP contribution in [0, 0.1) is 24.0 Å². The van der Waals surface area contributed by atoms with Gasteiger partial charge in [0.25, 0.3) is 5.91 Å². The number of carbonyl (C=O) groups excluding carboxylic acids is 1. The Balaban J connectivity index is 2.52. The molecule has 1 heterocycles. The second-order valence-electron chi connectivity index (χ2n) is 8.83. The number of hydrogen-bond donors (Lipinski definition) is 2. The molecule has 0 amide bonds. The summed E-state index contributed by atoms with van der Waals surface area (Å²) in [6.45, 7) is 7.83. The van der Waals surface area contributed by atoms with E-state index in [2.05, 4.69) is 0 Å². The first-order valence-electron chi connectivity index (χ1n) is 9.60. The van der Waals surface area contributed by atoms with Gasteiger partial charge in [0.15, 0.2) is 17.4 Å². The van der Waals surface area contributed by atoms with E-state index < -0.39 is 40.1 Å². The molecule has 32 heavy (non-hydrogen) atoms. The first-order valence-corrected chi connectivity index (χ1v) is 10.4. The normalized spacial score (nSPS) is 13.9. The van der Waals surface area contributed by atoms with E-state index in [1.165, 1.54) is 32.0 Å². The predicted octanol–water partition coefficient (Wildman–Crippen LogP) is 6.32. The molecule has 170 valence electrons. The summed E-state index contributed by atoms with van der Waals surface area (Å²) in [6.07, 6.45) is 0. The quantitative estimate of drug-likeness (QED) is 0.456. The second kappa shape index (κ2) is 7.74. The van der Waals surface area contributed by atoms with Crippen molar-refractivity contribution in [2.45, 2.75) is 40.0 Å². The van der Waals surface area contributed by atoms with Crippen molar-refractivity contribution in [2.75, 3.05) is 0 Å². The van der Waals surface area contributed by atoms with E-state index in [-0.39, 0.29) is 37.8 Å². The average molecular weight is 484 g/mol. The molecular formula is C23H21Cl2F2NO4. The summed E-state index contributed by atoms with van der Waals surface area (Å²) in [6, 6.07) is 4.92. The van der Waals surface area contributed by atoms with Gasteiger partial charge in [0.2, 0.25) is 0 Å². The number of fused-ring (bicyclic) bond motifs is 1. The zero-order chi connectivity index (χ0) is 24.3. The van der Waals surface area contributed by atoms with Gasteiger partial charge in [-0.25, -0.2) is 8.78 Å². The molecule has 0 saturated carbocycles. The number of aromatic hydroxyl groups is 1. The smallest absolute Gasteiger partial charge is 0.314 e. The Morgan fingerprint density at radius 2 is 1.62 bits per heavy atom. The fraction of sp³-hybridized carbons (Fsp3) is 0.304. The summed E-state index contributed by atoms with van der Waals surface area (Å²) in [5.41, 5.74) is -2.73. The highest BCUT2D eigenvalue weighted by Crippen LogP contribution is 2.48. The fourth-order valence-electron chi connectivity index (χ4n) is 3.92. The lowest BCUT2D eigenvalue weighted by Crippen LogP contribution is -2.45. The van der Waals surface area contributed by atoms with Crippen LogP contribution in [0.4, 0.5) is 8.78 Å². The summed E-state index contributed by atoms with van der Waals surface area (Å²) in [4.78, 5) is 25.9. The Morgan fingerprint density at radius 1 is 1.03 bits per heavy atom. The molecule has 0 aliphatic carbocycles. The monoisotopic (exact) mass is 483 g/mol. The Morgan fingerprint density at radius 3 is 2.12 bits per heavy atom. The summed E-state index contributed by atoms with van der Waals surface area (Å²) in [5.74, 6) is -5.83. The number of aliphatic carboxylic acids is 1. The minimum Gasteiger partial charge on any atom is -0.503 e. The van der Waals surface area contributed by atoms with Gasteiger partial charge in [0.05, 0.1) is 21.0 Å².